The first-order valence-electron chi connectivity index (χ1n) is 9.84. The summed E-state index contributed by atoms with van der Waals surface area (Å²) in [5, 5.41) is 0. The number of nitrogens with zero attached hydrogens (tertiary/aromatic N) is 5. The maximum absolute atomic E-state index is 13.1. The van der Waals surface area contributed by atoms with Gasteiger partial charge in [-0.1, -0.05) is 0 Å². The summed E-state index contributed by atoms with van der Waals surface area (Å²) in [6, 6.07) is 3.91. The number of aromatic nitrogens is 3. The van der Waals surface area contributed by atoms with E-state index < -0.39 is 0 Å². The molecule has 1 aliphatic heterocycles. The lowest BCUT2D eigenvalue weighted by atomic mass is 9.96. The van der Waals surface area contributed by atoms with E-state index in [2.05, 4.69) is 19.9 Å². The van der Waals surface area contributed by atoms with Crippen LogP contribution in [-0.4, -0.2) is 70.6 Å². The molecule has 0 bridgehead atoms. The molecule has 0 spiro atoms. The number of piperidine rings is 1. The molecule has 28 heavy (non-hydrogen) atoms. The van der Waals surface area contributed by atoms with Crippen LogP contribution in [0.3, 0.4) is 0 Å². The molecule has 1 fully saturated rings. The van der Waals surface area contributed by atoms with Gasteiger partial charge in [0.15, 0.2) is 0 Å². The number of carbonyl (C=O) groups excluding carboxylic acids is 1. The molecule has 1 aliphatic rings. The molecular weight excluding hydrogens is 354 g/mol. The zero-order chi connectivity index (χ0) is 19.8. The molecule has 7 nitrogen and oxygen atoms in total. The Balaban J connectivity index is 1.66. The highest BCUT2D eigenvalue weighted by Gasteiger charge is 2.25. The molecule has 1 saturated heterocycles. The van der Waals surface area contributed by atoms with Gasteiger partial charge in [0.05, 0.1) is 18.5 Å². The molecule has 0 aromatic carbocycles. The molecule has 0 N–H and O–H groups in total. The molecule has 1 amide bonds. The first kappa shape index (κ1) is 20.4. The number of likely N-dealkylation sites (tertiary alicyclic amines) is 1. The van der Waals surface area contributed by atoms with Gasteiger partial charge in [-0.2, -0.15) is 0 Å². The molecule has 0 aliphatic carbocycles. The van der Waals surface area contributed by atoms with Crippen LogP contribution in [-0.2, 0) is 11.3 Å². The number of ether oxygens (including phenoxy) is 1. The monoisotopic (exact) mass is 383 g/mol. The third kappa shape index (κ3) is 5.81. The molecule has 0 radical (unpaired) electrons. The molecule has 7 heteroatoms. The van der Waals surface area contributed by atoms with Crippen molar-refractivity contribution in [3.63, 3.8) is 0 Å². The van der Waals surface area contributed by atoms with E-state index in [4.69, 9.17) is 4.74 Å². The van der Waals surface area contributed by atoms with Crippen molar-refractivity contribution in [1.82, 2.24) is 24.8 Å². The Morgan fingerprint density at radius 3 is 2.61 bits per heavy atom. The second kappa shape index (κ2) is 10.2. The smallest absolute Gasteiger partial charge is 0.274 e. The Labute approximate surface area is 166 Å². The lowest BCUT2D eigenvalue weighted by Gasteiger charge is -2.34. The molecule has 0 atom stereocenters. The fourth-order valence-electron chi connectivity index (χ4n) is 3.52. The van der Waals surface area contributed by atoms with Gasteiger partial charge in [-0.15, -0.1) is 0 Å². The number of rotatable bonds is 8. The average Bonchev–Trinajstić information content (AvgIpc) is 2.73. The highest BCUT2D eigenvalue weighted by Crippen LogP contribution is 2.20. The van der Waals surface area contributed by atoms with Gasteiger partial charge in [-0.05, 0) is 56.5 Å². The average molecular weight is 383 g/mol. The zero-order valence-electron chi connectivity index (χ0n) is 16.8. The van der Waals surface area contributed by atoms with E-state index in [1.165, 1.54) is 0 Å². The van der Waals surface area contributed by atoms with Crippen molar-refractivity contribution < 1.29 is 9.53 Å². The number of methoxy groups -OCH3 is 1. The molecule has 2 aromatic heterocycles. The molecule has 3 rings (SSSR count). The molecule has 150 valence electrons. The molecule has 0 saturated carbocycles. The van der Waals surface area contributed by atoms with Gasteiger partial charge >= 0.3 is 0 Å². The van der Waals surface area contributed by atoms with Crippen molar-refractivity contribution in [3.8, 4) is 0 Å². The summed E-state index contributed by atoms with van der Waals surface area (Å²) in [7, 11) is 1.74. The van der Waals surface area contributed by atoms with Gasteiger partial charge in [-0.25, -0.2) is 4.98 Å². The first-order chi connectivity index (χ1) is 13.7. The first-order valence-corrected chi connectivity index (χ1v) is 9.84. The Kier molecular flexibility index (Phi) is 7.45. The highest BCUT2D eigenvalue weighted by molar-refractivity contribution is 5.92. The standard InChI is InChI=1S/C21H29N5O2/c1-17-13-24-20(14-23-17)21(27)26(15-18-3-7-22-8-4-18)16-19-5-9-25(10-6-19)11-12-28-2/h3-4,7-8,13-14,19H,5-6,9-12,15-16H2,1-2H3. The summed E-state index contributed by atoms with van der Waals surface area (Å²) in [5.41, 5.74) is 2.28. The summed E-state index contributed by atoms with van der Waals surface area (Å²) >= 11 is 0. The predicted molar refractivity (Wildman–Crippen MR) is 107 cm³/mol. The van der Waals surface area contributed by atoms with Crippen LogP contribution < -0.4 is 0 Å². The molecule has 2 aromatic rings. The minimum absolute atomic E-state index is 0.0638. The normalized spacial score (nSPS) is 15.5. The second-order valence-electron chi connectivity index (χ2n) is 7.36. The van der Waals surface area contributed by atoms with Gasteiger partial charge in [0.25, 0.3) is 5.91 Å². The summed E-state index contributed by atoms with van der Waals surface area (Å²) in [6.07, 6.45) is 8.92. The van der Waals surface area contributed by atoms with E-state index in [1.54, 1.807) is 31.9 Å². The van der Waals surface area contributed by atoms with E-state index in [-0.39, 0.29) is 5.91 Å². The number of aryl methyl sites for hydroxylation is 1. The van der Waals surface area contributed by atoms with Crippen LogP contribution in [0.25, 0.3) is 0 Å². The van der Waals surface area contributed by atoms with E-state index in [0.29, 0.717) is 18.2 Å². The third-order valence-corrected chi connectivity index (χ3v) is 5.21. The molecular formula is C21H29N5O2. The Bertz CT molecular complexity index is 730. The van der Waals surface area contributed by atoms with Crippen LogP contribution in [0, 0.1) is 12.8 Å². The summed E-state index contributed by atoms with van der Waals surface area (Å²) in [4.78, 5) is 30.1. The van der Waals surface area contributed by atoms with Gasteiger partial charge in [-0.3, -0.25) is 14.8 Å². The maximum atomic E-state index is 13.1. The quantitative estimate of drug-likeness (QED) is 0.696. The fraction of sp³-hybridized carbons (Fsp3) is 0.524. The predicted octanol–water partition coefficient (Wildman–Crippen LogP) is 2.18. The van der Waals surface area contributed by atoms with Crippen LogP contribution in [0.2, 0.25) is 0 Å². The van der Waals surface area contributed by atoms with E-state index in [9.17, 15) is 4.79 Å². The van der Waals surface area contributed by atoms with Crippen LogP contribution in [0.15, 0.2) is 36.9 Å². The minimum Gasteiger partial charge on any atom is -0.383 e. The van der Waals surface area contributed by atoms with Gasteiger partial charge in [0.2, 0.25) is 0 Å². The minimum atomic E-state index is -0.0638. The zero-order valence-corrected chi connectivity index (χ0v) is 16.8. The number of pyridine rings is 1. The summed E-state index contributed by atoms with van der Waals surface area (Å²) in [6.45, 7) is 7.00. The van der Waals surface area contributed by atoms with E-state index >= 15 is 0 Å². The third-order valence-electron chi connectivity index (χ3n) is 5.21. The van der Waals surface area contributed by atoms with Crippen molar-refractivity contribution in [3.05, 3.63) is 53.9 Å². The van der Waals surface area contributed by atoms with Gasteiger partial charge < -0.3 is 14.5 Å². The van der Waals surface area contributed by atoms with Crippen LogP contribution in [0.5, 0.6) is 0 Å². The Morgan fingerprint density at radius 1 is 1.21 bits per heavy atom. The van der Waals surface area contributed by atoms with Crippen molar-refractivity contribution in [1.29, 1.82) is 0 Å². The lowest BCUT2D eigenvalue weighted by Crippen LogP contribution is -2.41. The van der Waals surface area contributed by atoms with Crippen molar-refractivity contribution >= 4 is 5.91 Å². The van der Waals surface area contributed by atoms with Crippen molar-refractivity contribution in [2.45, 2.75) is 26.3 Å². The Hall–Kier alpha value is -2.38. The summed E-state index contributed by atoms with van der Waals surface area (Å²) in [5.74, 6) is 0.425. The molecule has 0 unspecified atom stereocenters. The van der Waals surface area contributed by atoms with Crippen LogP contribution in [0.1, 0.15) is 34.6 Å². The van der Waals surface area contributed by atoms with Gasteiger partial charge in [0, 0.05) is 45.3 Å². The van der Waals surface area contributed by atoms with Crippen molar-refractivity contribution in [2.75, 3.05) is 39.9 Å². The van der Waals surface area contributed by atoms with E-state index in [1.807, 2.05) is 24.0 Å². The Morgan fingerprint density at radius 2 is 1.96 bits per heavy atom. The number of hydrogen-bond acceptors (Lipinski definition) is 6. The maximum Gasteiger partial charge on any atom is 0.274 e. The van der Waals surface area contributed by atoms with Crippen molar-refractivity contribution in [2.24, 2.45) is 5.92 Å². The van der Waals surface area contributed by atoms with Crippen LogP contribution >= 0.6 is 0 Å². The van der Waals surface area contributed by atoms with Crippen LogP contribution in [0.4, 0.5) is 0 Å². The van der Waals surface area contributed by atoms with E-state index in [0.717, 1.165) is 56.9 Å². The lowest BCUT2D eigenvalue weighted by molar-refractivity contribution is 0.0652. The fourth-order valence-corrected chi connectivity index (χ4v) is 3.52. The number of hydrogen-bond donors (Lipinski definition) is 0. The molecule has 3 heterocycles. The largest absolute Gasteiger partial charge is 0.383 e. The topological polar surface area (TPSA) is 71.5 Å². The summed E-state index contributed by atoms with van der Waals surface area (Å²) < 4.78 is 5.18. The second-order valence-corrected chi connectivity index (χ2v) is 7.36. The number of amides is 1. The SMILES string of the molecule is COCCN1CCC(CN(Cc2ccncc2)C(=O)c2cnc(C)cn2)CC1. The highest BCUT2D eigenvalue weighted by atomic mass is 16.5. The number of carbonyl (C=O) groups is 1. The van der Waals surface area contributed by atoms with Gasteiger partial charge in [0.1, 0.15) is 5.69 Å².